The number of nitrogens with two attached hydrogens (primary N) is 1. The number of hydrogen-bond donors (Lipinski definition) is 1. The van der Waals surface area contributed by atoms with Gasteiger partial charge < -0.3 is 5.73 Å². The fourth-order valence-electron chi connectivity index (χ4n) is 2.68. The smallest absolute Gasteiger partial charge is 0.293 e. The minimum absolute atomic E-state index is 0.159. The lowest BCUT2D eigenvalue weighted by Gasteiger charge is -2.24. The molecule has 5 heteroatoms. The quantitative estimate of drug-likeness (QED) is 0.798. The van der Waals surface area contributed by atoms with Crippen molar-refractivity contribution in [3.63, 3.8) is 0 Å². The van der Waals surface area contributed by atoms with Crippen LogP contribution in [0.3, 0.4) is 0 Å². The number of amides is 2. The summed E-state index contributed by atoms with van der Waals surface area (Å²) in [5.74, 6) is 1.01. The zero-order chi connectivity index (χ0) is 13.1. The van der Waals surface area contributed by atoms with Crippen LogP contribution in [-0.2, 0) is 4.79 Å². The van der Waals surface area contributed by atoms with Crippen molar-refractivity contribution in [2.24, 2.45) is 17.6 Å². The van der Waals surface area contributed by atoms with E-state index < -0.39 is 0 Å². The Morgan fingerprint density at radius 3 is 2.89 bits per heavy atom. The largest absolute Gasteiger partial charge is 0.329 e. The van der Waals surface area contributed by atoms with Gasteiger partial charge in [-0.2, -0.15) is 0 Å². The van der Waals surface area contributed by atoms with Gasteiger partial charge in [-0.15, -0.1) is 0 Å². The Bertz CT molecular complexity index is 381. The predicted octanol–water partition coefficient (Wildman–Crippen LogP) is 2.35. The van der Waals surface area contributed by atoms with Gasteiger partial charge in [0.2, 0.25) is 0 Å². The topological polar surface area (TPSA) is 63.4 Å². The van der Waals surface area contributed by atoms with E-state index in [-0.39, 0.29) is 11.1 Å². The highest BCUT2D eigenvalue weighted by atomic mass is 32.2. The summed E-state index contributed by atoms with van der Waals surface area (Å²) in [6.07, 6.45) is 6.76. The molecule has 1 aliphatic carbocycles. The maximum absolute atomic E-state index is 12.0. The van der Waals surface area contributed by atoms with E-state index in [9.17, 15) is 9.59 Å². The first kappa shape index (κ1) is 13.6. The van der Waals surface area contributed by atoms with Crippen LogP contribution in [0, 0.1) is 11.8 Å². The average Bonchev–Trinajstić information content (AvgIpc) is 2.57. The second kappa shape index (κ2) is 5.89. The molecule has 1 heterocycles. The van der Waals surface area contributed by atoms with Gasteiger partial charge in [0.15, 0.2) is 0 Å². The lowest BCUT2D eigenvalue weighted by molar-refractivity contribution is -0.122. The SMILES string of the molecule is CC1CCCC(/C=C2\SC(=O)N(CCN)C2=O)C1. The van der Waals surface area contributed by atoms with E-state index in [4.69, 9.17) is 5.73 Å². The maximum Gasteiger partial charge on any atom is 0.293 e. The molecule has 0 aromatic heterocycles. The molecule has 2 amide bonds. The van der Waals surface area contributed by atoms with Gasteiger partial charge in [0, 0.05) is 13.1 Å². The van der Waals surface area contributed by atoms with Crippen LogP contribution >= 0.6 is 11.8 Å². The van der Waals surface area contributed by atoms with Gasteiger partial charge in [-0.25, -0.2) is 0 Å². The van der Waals surface area contributed by atoms with E-state index in [1.54, 1.807) is 0 Å². The Morgan fingerprint density at radius 2 is 2.22 bits per heavy atom. The summed E-state index contributed by atoms with van der Waals surface area (Å²) in [5.41, 5.74) is 5.41. The molecule has 2 rings (SSSR count). The molecule has 2 N–H and O–H groups in total. The molecule has 0 radical (unpaired) electrons. The Kier molecular flexibility index (Phi) is 4.45. The number of thioether (sulfide) groups is 1. The summed E-state index contributed by atoms with van der Waals surface area (Å²) in [4.78, 5) is 25.5. The molecule has 1 saturated carbocycles. The van der Waals surface area contributed by atoms with Crippen molar-refractivity contribution in [2.45, 2.75) is 32.6 Å². The number of allylic oxidation sites excluding steroid dienone is 1. The molecule has 2 aliphatic rings. The summed E-state index contributed by atoms with van der Waals surface area (Å²) < 4.78 is 0. The summed E-state index contributed by atoms with van der Waals surface area (Å²) in [7, 11) is 0. The third-order valence-electron chi connectivity index (χ3n) is 3.59. The molecular formula is C13H20N2O2S. The first-order valence-corrected chi connectivity index (χ1v) is 7.39. The second-order valence-corrected chi connectivity index (χ2v) is 6.17. The predicted molar refractivity (Wildman–Crippen MR) is 73.0 cm³/mol. The Hall–Kier alpha value is -0.810. The minimum Gasteiger partial charge on any atom is -0.329 e. The van der Waals surface area contributed by atoms with Crippen LogP contribution in [0.5, 0.6) is 0 Å². The van der Waals surface area contributed by atoms with Gasteiger partial charge in [0.25, 0.3) is 11.1 Å². The van der Waals surface area contributed by atoms with Crippen LogP contribution in [0.4, 0.5) is 4.79 Å². The highest BCUT2D eigenvalue weighted by Gasteiger charge is 2.35. The molecule has 4 nitrogen and oxygen atoms in total. The molecule has 18 heavy (non-hydrogen) atoms. The molecule has 100 valence electrons. The van der Waals surface area contributed by atoms with Crippen molar-refractivity contribution in [3.8, 4) is 0 Å². The van der Waals surface area contributed by atoms with E-state index in [2.05, 4.69) is 6.92 Å². The van der Waals surface area contributed by atoms with Crippen molar-refractivity contribution in [1.82, 2.24) is 4.90 Å². The average molecular weight is 268 g/mol. The maximum atomic E-state index is 12.0. The van der Waals surface area contributed by atoms with Crippen LogP contribution in [-0.4, -0.2) is 29.1 Å². The zero-order valence-electron chi connectivity index (χ0n) is 10.7. The second-order valence-electron chi connectivity index (χ2n) is 5.18. The van der Waals surface area contributed by atoms with Crippen molar-refractivity contribution in [3.05, 3.63) is 11.0 Å². The van der Waals surface area contributed by atoms with E-state index in [0.29, 0.717) is 23.9 Å². The van der Waals surface area contributed by atoms with Gasteiger partial charge in [-0.3, -0.25) is 14.5 Å². The normalized spacial score (nSPS) is 31.4. The number of rotatable bonds is 3. The zero-order valence-corrected chi connectivity index (χ0v) is 11.5. The van der Waals surface area contributed by atoms with Crippen LogP contribution in [0.2, 0.25) is 0 Å². The molecule has 1 saturated heterocycles. The fraction of sp³-hybridized carbons (Fsp3) is 0.692. The summed E-state index contributed by atoms with van der Waals surface area (Å²) >= 11 is 1.06. The van der Waals surface area contributed by atoms with E-state index in [1.807, 2.05) is 6.08 Å². The number of imide groups is 1. The Balaban J connectivity index is 2.05. The summed E-state index contributed by atoms with van der Waals surface area (Å²) in [5, 5.41) is -0.180. The highest BCUT2D eigenvalue weighted by molar-refractivity contribution is 8.18. The van der Waals surface area contributed by atoms with Crippen molar-refractivity contribution in [2.75, 3.05) is 13.1 Å². The minimum atomic E-state index is -0.180. The van der Waals surface area contributed by atoms with Gasteiger partial charge in [0.1, 0.15) is 0 Å². The lowest BCUT2D eigenvalue weighted by Crippen LogP contribution is -2.33. The number of nitrogens with zero attached hydrogens (tertiary/aromatic N) is 1. The summed E-state index contributed by atoms with van der Waals surface area (Å²) in [6, 6.07) is 0. The van der Waals surface area contributed by atoms with Gasteiger partial charge in [-0.05, 0) is 36.4 Å². The molecule has 2 fully saturated rings. The van der Waals surface area contributed by atoms with Crippen LogP contribution in [0.15, 0.2) is 11.0 Å². The molecule has 2 unspecified atom stereocenters. The van der Waals surface area contributed by atoms with Crippen LogP contribution in [0.25, 0.3) is 0 Å². The summed E-state index contributed by atoms with van der Waals surface area (Å²) in [6.45, 7) is 2.90. The van der Waals surface area contributed by atoms with Crippen molar-refractivity contribution in [1.29, 1.82) is 0 Å². The fourth-order valence-corrected chi connectivity index (χ4v) is 3.61. The molecule has 0 aromatic carbocycles. The standard InChI is InChI=1S/C13H20N2O2S/c1-9-3-2-4-10(7-9)8-11-12(16)15(6-5-14)13(17)18-11/h8-10H,2-7,14H2,1H3/b11-8-. The monoisotopic (exact) mass is 268 g/mol. The Morgan fingerprint density at radius 1 is 1.44 bits per heavy atom. The van der Waals surface area contributed by atoms with E-state index in [0.717, 1.165) is 30.5 Å². The molecular weight excluding hydrogens is 248 g/mol. The lowest BCUT2D eigenvalue weighted by atomic mass is 9.82. The van der Waals surface area contributed by atoms with Crippen molar-refractivity contribution < 1.29 is 9.59 Å². The third kappa shape index (κ3) is 2.95. The highest BCUT2D eigenvalue weighted by Crippen LogP contribution is 2.35. The van der Waals surface area contributed by atoms with Crippen molar-refractivity contribution >= 4 is 22.9 Å². The van der Waals surface area contributed by atoms with Gasteiger partial charge >= 0.3 is 0 Å². The first-order valence-electron chi connectivity index (χ1n) is 6.57. The van der Waals surface area contributed by atoms with Crippen LogP contribution < -0.4 is 5.73 Å². The molecule has 0 spiro atoms. The van der Waals surface area contributed by atoms with Gasteiger partial charge in [0.05, 0.1) is 4.91 Å². The van der Waals surface area contributed by atoms with E-state index in [1.165, 1.54) is 17.7 Å². The molecule has 2 atom stereocenters. The molecule has 1 aliphatic heterocycles. The van der Waals surface area contributed by atoms with Crippen LogP contribution in [0.1, 0.15) is 32.6 Å². The molecule has 0 aromatic rings. The number of carbonyl (C=O) groups excluding carboxylic acids is 2. The molecule has 0 bridgehead atoms. The third-order valence-corrected chi connectivity index (χ3v) is 4.52. The van der Waals surface area contributed by atoms with Gasteiger partial charge in [-0.1, -0.05) is 25.8 Å². The number of hydrogen-bond acceptors (Lipinski definition) is 4. The number of carbonyl (C=O) groups is 2. The van der Waals surface area contributed by atoms with E-state index >= 15 is 0 Å². The first-order chi connectivity index (χ1) is 8.61. The Labute approximate surface area is 112 Å².